The Morgan fingerprint density at radius 2 is 1.79 bits per heavy atom. The third-order valence-electron chi connectivity index (χ3n) is 2.63. The Hall–Kier alpha value is -2.69. The Labute approximate surface area is 111 Å². The number of hydrogen-bond acceptors (Lipinski definition) is 3. The number of carbonyl (C=O) groups excluding carboxylic acids is 1. The number of nitrogen functional groups attached to an aromatic ring is 1. The third kappa shape index (κ3) is 3.38. The first-order valence-corrected chi connectivity index (χ1v) is 5.78. The molecule has 0 heterocycles. The quantitative estimate of drug-likeness (QED) is 0.492. The second-order valence-electron chi connectivity index (χ2n) is 4.20. The molecule has 5 nitrogen and oxygen atoms in total. The van der Waals surface area contributed by atoms with Crippen LogP contribution in [0.3, 0.4) is 0 Å². The lowest BCUT2D eigenvalue weighted by molar-refractivity contribution is 0.262. The zero-order valence-corrected chi connectivity index (χ0v) is 10.5. The monoisotopic (exact) mass is 257 g/mol. The van der Waals surface area contributed by atoms with E-state index in [1.165, 1.54) is 6.07 Å². The molecule has 0 bridgehead atoms. The van der Waals surface area contributed by atoms with Crippen molar-refractivity contribution >= 4 is 23.1 Å². The van der Waals surface area contributed by atoms with Gasteiger partial charge < -0.3 is 21.5 Å². The lowest BCUT2D eigenvalue weighted by Crippen LogP contribution is -2.19. The number of urea groups is 1. The first-order chi connectivity index (χ1) is 9.04. The molecule has 2 amide bonds. The van der Waals surface area contributed by atoms with Gasteiger partial charge in [0.25, 0.3) is 0 Å². The maximum Gasteiger partial charge on any atom is 0.323 e. The minimum Gasteiger partial charge on any atom is -0.508 e. The Kier molecular flexibility index (Phi) is 3.56. The van der Waals surface area contributed by atoms with Crippen LogP contribution < -0.4 is 16.4 Å². The normalized spacial score (nSPS) is 9.95. The van der Waals surface area contributed by atoms with E-state index in [9.17, 15) is 9.90 Å². The van der Waals surface area contributed by atoms with Crippen LogP contribution in [0, 0.1) is 6.92 Å². The van der Waals surface area contributed by atoms with Crippen LogP contribution >= 0.6 is 0 Å². The van der Waals surface area contributed by atoms with E-state index in [2.05, 4.69) is 10.6 Å². The second kappa shape index (κ2) is 5.30. The average Bonchev–Trinajstić information content (AvgIpc) is 2.36. The van der Waals surface area contributed by atoms with Crippen molar-refractivity contribution in [3.05, 3.63) is 48.0 Å². The fraction of sp³-hybridized carbons (Fsp3) is 0.0714. The number of amides is 2. The van der Waals surface area contributed by atoms with Crippen LogP contribution in [0.15, 0.2) is 42.5 Å². The predicted octanol–water partition coefficient (Wildman–Crippen LogP) is 2.93. The number of nitrogens with one attached hydrogen (secondary N) is 2. The predicted molar refractivity (Wildman–Crippen MR) is 76.3 cm³/mol. The Bertz CT molecular complexity index is 594. The average molecular weight is 257 g/mol. The Morgan fingerprint density at radius 1 is 1.11 bits per heavy atom. The summed E-state index contributed by atoms with van der Waals surface area (Å²) >= 11 is 0. The summed E-state index contributed by atoms with van der Waals surface area (Å²) in [6, 6.07) is 11.3. The van der Waals surface area contributed by atoms with E-state index >= 15 is 0 Å². The van der Waals surface area contributed by atoms with Gasteiger partial charge in [0.2, 0.25) is 0 Å². The van der Waals surface area contributed by atoms with Crippen LogP contribution in [-0.4, -0.2) is 11.1 Å². The van der Waals surface area contributed by atoms with Crippen molar-refractivity contribution in [3.8, 4) is 5.75 Å². The van der Waals surface area contributed by atoms with Gasteiger partial charge in [-0.05, 0) is 55.0 Å². The van der Waals surface area contributed by atoms with E-state index in [-0.39, 0.29) is 11.8 Å². The molecule has 2 rings (SSSR count). The van der Waals surface area contributed by atoms with Crippen molar-refractivity contribution in [1.29, 1.82) is 0 Å². The van der Waals surface area contributed by atoms with Gasteiger partial charge in [0, 0.05) is 17.1 Å². The number of aromatic hydroxyl groups is 1. The molecular formula is C14H15N3O2. The first-order valence-electron chi connectivity index (χ1n) is 5.78. The minimum absolute atomic E-state index is 0.169. The van der Waals surface area contributed by atoms with E-state index in [1.807, 2.05) is 0 Å². The highest BCUT2D eigenvalue weighted by atomic mass is 16.3. The van der Waals surface area contributed by atoms with Crippen molar-refractivity contribution in [2.24, 2.45) is 0 Å². The molecule has 0 spiro atoms. The summed E-state index contributed by atoms with van der Waals surface area (Å²) < 4.78 is 0. The maximum atomic E-state index is 11.8. The summed E-state index contributed by atoms with van der Waals surface area (Å²) in [4.78, 5) is 11.8. The van der Waals surface area contributed by atoms with Gasteiger partial charge in [-0.1, -0.05) is 0 Å². The van der Waals surface area contributed by atoms with Crippen LogP contribution in [0.25, 0.3) is 0 Å². The van der Waals surface area contributed by atoms with Gasteiger partial charge in [0.15, 0.2) is 0 Å². The number of aryl methyl sites for hydroxylation is 1. The summed E-state index contributed by atoms with van der Waals surface area (Å²) in [5.74, 6) is 0.169. The zero-order chi connectivity index (χ0) is 13.8. The molecule has 0 aliphatic heterocycles. The summed E-state index contributed by atoms with van der Waals surface area (Å²) in [5, 5.41) is 14.7. The highest BCUT2D eigenvalue weighted by Crippen LogP contribution is 2.20. The van der Waals surface area contributed by atoms with Gasteiger partial charge in [-0.2, -0.15) is 0 Å². The molecule has 0 aliphatic carbocycles. The fourth-order valence-electron chi connectivity index (χ4n) is 1.64. The van der Waals surface area contributed by atoms with Gasteiger partial charge in [0.05, 0.1) is 0 Å². The van der Waals surface area contributed by atoms with Gasteiger partial charge in [0.1, 0.15) is 5.75 Å². The van der Waals surface area contributed by atoms with Crippen molar-refractivity contribution < 1.29 is 9.90 Å². The molecule has 2 aromatic carbocycles. The summed E-state index contributed by atoms with van der Waals surface area (Å²) in [6.45, 7) is 1.80. The molecule has 5 heteroatoms. The van der Waals surface area contributed by atoms with Crippen molar-refractivity contribution in [2.45, 2.75) is 6.92 Å². The highest BCUT2D eigenvalue weighted by molar-refractivity contribution is 6.00. The molecular weight excluding hydrogens is 242 g/mol. The third-order valence-corrected chi connectivity index (χ3v) is 2.63. The van der Waals surface area contributed by atoms with Crippen LogP contribution in [-0.2, 0) is 0 Å². The van der Waals surface area contributed by atoms with Gasteiger partial charge in [-0.3, -0.25) is 0 Å². The molecule has 0 aliphatic rings. The summed E-state index contributed by atoms with van der Waals surface area (Å²) in [6.07, 6.45) is 0. The van der Waals surface area contributed by atoms with E-state index in [0.717, 1.165) is 5.56 Å². The molecule has 2 aromatic rings. The summed E-state index contributed by atoms with van der Waals surface area (Å²) in [7, 11) is 0. The molecule has 0 radical (unpaired) electrons. The minimum atomic E-state index is -0.349. The fourth-order valence-corrected chi connectivity index (χ4v) is 1.64. The second-order valence-corrected chi connectivity index (χ2v) is 4.20. The number of hydrogen-bond donors (Lipinski definition) is 4. The molecule has 0 atom stereocenters. The maximum absolute atomic E-state index is 11.8. The topological polar surface area (TPSA) is 87.4 Å². The molecule has 98 valence electrons. The molecule has 0 saturated heterocycles. The number of rotatable bonds is 2. The first kappa shape index (κ1) is 12.8. The van der Waals surface area contributed by atoms with Crippen molar-refractivity contribution in [3.63, 3.8) is 0 Å². The lowest BCUT2D eigenvalue weighted by atomic mass is 10.2. The van der Waals surface area contributed by atoms with Crippen LogP contribution in [0.5, 0.6) is 5.75 Å². The zero-order valence-electron chi connectivity index (χ0n) is 10.5. The number of phenols is 1. The number of nitrogens with two attached hydrogens (primary N) is 1. The SMILES string of the molecule is Cc1cc(O)ccc1NC(=O)Nc1ccc(N)cc1. The van der Waals surface area contributed by atoms with Crippen LogP contribution in [0.2, 0.25) is 0 Å². The van der Waals surface area contributed by atoms with Gasteiger partial charge in [-0.25, -0.2) is 4.79 Å². The van der Waals surface area contributed by atoms with Crippen molar-refractivity contribution in [1.82, 2.24) is 0 Å². The number of phenolic OH excluding ortho intramolecular Hbond substituents is 1. The molecule has 19 heavy (non-hydrogen) atoms. The molecule has 0 aromatic heterocycles. The molecule has 5 N–H and O–H groups in total. The number of benzene rings is 2. The smallest absolute Gasteiger partial charge is 0.323 e. The van der Waals surface area contributed by atoms with E-state index in [1.54, 1.807) is 43.3 Å². The van der Waals surface area contributed by atoms with Gasteiger partial charge >= 0.3 is 6.03 Å². The van der Waals surface area contributed by atoms with Crippen molar-refractivity contribution in [2.75, 3.05) is 16.4 Å². The number of anilines is 3. The van der Waals surface area contributed by atoms with Gasteiger partial charge in [-0.15, -0.1) is 0 Å². The lowest BCUT2D eigenvalue weighted by Gasteiger charge is -2.10. The highest BCUT2D eigenvalue weighted by Gasteiger charge is 2.05. The van der Waals surface area contributed by atoms with E-state index in [0.29, 0.717) is 17.1 Å². The summed E-state index contributed by atoms with van der Waals surface area (Å²) in [5.41, 5.74) is 8.29. The Morgan fingerprint density at radius 3 is 2.42 bits per heavy atom. The van der Waals surface area contributed by atoms with Crippen LogP contribution in [0.1, 0.15) is 5.56 Å². The molecule has 0 unspecified atom stereocenters. The number of carbonyl (C=O) groups is 1. The molecule has 0 fully saturated rings. The van der Waals surface area contributed by atoms with E-state index in [4.69, 9.17) is 5.73 Å². The standard InChI is InChI=1S/C14H15N3O2/c1-9-8-12(18)6-7-13(9)17-14(19)16-11-4-2-10(15)3-5-11/h2-8,18H,15H2,1H3,(H2,16,17,19). The molecule has 0 saturated carbocycles. The van der Waals surface area contributed by atoms with E-state index < -0.39 is 0 Å². The van der Waals surface area contributed by atoms with Crippen LogP contribution in [0.4, 0.5) is 21.9 Å². The largest absolute Gasteiger partial charge is 0.508 e. The Balaban J connectivity index is 2.03.